The van der Waals surface area contributed by atoms with Crippen molar-refractivity contribution in [2.75, 3.05) is 26.2 Å². The van der Waals surface area contributed by atoms with Crippen molar-refractivity contribution < 1.29 is 30.0 Å². The molecule has 0 aromatic heterocycles. The van der Waals surface area contributed by atoms with Gasteiger partial charge in [0.25, 0.3) is 0 Å². The number of hydrogen-bond acceptors (Lipinski definition) is 6. The van der Waals surface area contributed by atoms with Crippen LogP contribution in [0.1, 0.15) is 13.4 Å². The predicted molar refractivity (Wildman–Crippen MR) is 113 cm³/mol. The van der Waals surface area contributed by atoms with E-state index >= 15 is 0 Å². The summed E-state index contributed by atoms with van der Waals surface area (Å²) in [6, 6.07) is 14.8. The fraction of sp³-hybridized carbons (Fsp3) is 0.318. The molecule has 2 aliphatic heterocycles. The average Bonchev–Trinajstić information content (AvgIpc) is 3.23. The molecule has 0 N–H and O–H groups in total. The van der Waals surface area contributed by atoms with Crippen molar-refractivity contribution in [3.8, 4) is 0 Å². The summed E-state index contributed by atoms with van der Waals surface area (Å²) in [4.78, 5) is 41.2. The molecule has 1 saturated heterocycles. The number of anilines is 1. The van der Waals surface area contributed by atoms with Crippen LogP contribution in [-0.4, -0.2) is 71.5 Å². The normalized spacial score (nSPS) is 26.5. The summed E-state index contributed by atoms with van der Waals surface area (Å²) in [6.07, 6.45) is -2.66. The van der Waals surface area contributed by atoms with E-state index in [0.717, 1.165) is 14.9 Å². The molecule has 2 aliphatic rings. The Kier molecular flexibility index (Phi) is 5.29. The number of para-hydroxylation sites is 1. The third-order valence-electron chi connectivity index (χ3n) is 5.45. The van der Waals surface area contributed by atoms with Gasteiger partial charge in [-0.1, -0.05) is 0 Å². The summed E-state index contributed by atoms with van der Waals surface area (Å²) in [7, 11) is 3.59. The Morgan fingerprint density at radius 1 is 0.968 bits per heavy atom. The molecule has 2 aromatic rings. The Labute approximate surface area is 187 Å². The number of carbonyl (C=O) groups is 3. The molecule has 0 aliphatic carbocycles. The van der Waals surface area contributed by atoms with Crippen molar-refractivity contribution in [1.29, 1.82) is 0 Å². The number of ether oxygens (including phenoxy) is 3. The van der Waals surface area contributed by atoms with Gasteiger partial charge in [-0.05, 0) is 0 Å². The van der Waals surface area contributed by atoms with E-state index in [4.69, 9.17) is 15.6 Å². The molecule has 8 nitrogen and oxygen atoms in total. The second kappa shape index (κ2) is 8.24. The van der Waals surface area contributed by atoms with Crippen molar-refractivity contribution in [2.45, 2.75) is 22.9 Å². The molecule has 4 rings (SSSR count). The molecule has 9 heteroatoms. The second-order valence-electron chi connectivity index (χ2n) is 6.99. The second-order valence-corrected chi connectivity index (χ2v) is 9.94. The predicted octanol–water partition coefficient (Wildman–Crippen LogP) is 1.84. The summed E-state index contributed by atoms with van der Waals surface area (Å²) < 4.78 is 24.1. The number of benzene rings is 2. The van der Waals surface area contributed by atoms with Crippen LogP contribution < -0.4 is 9.36 Å². The van der Waals surface area contributed by atoms with Gasteiger partial charge in [-0.25, -0.2) is 0 Å². The Balaban J connectivity index is 2.01. The van der Waals surface area contributed by atoms with Gasteiger partial charge in [0.1, 0.15) is 0 Å². The van der Waals surface area contributed by atoms with E-state index in [9.17, 15) is 14.4 Å². The van der Waals surface area contributed by atoms with E-state index in [0.29, 0.717) is 5.69 Å². The van der Waals surface area contributed by atoms with Gasteiger partial charge in [0, 0.05) is 0 Å². The number of fused-ring (bicyclic) bond motifs is 3. The van der Waals surface area contributed by atoms with Crippen molar-refractivity contribution >= 4 is 43.3 Å². The van der Waals surface area contributed by atoms with Gasteiger partial charge in [0.15, 0.2) is 0 Å². The van der Waals surface area contributed by atoms with Gasteiger partial charge in [-0.3, -0.25) is 0 Å². The van der Waals surface area contributed by atoms with Crippen molar-refractivity contribution in [2.24, 2.45) is 0 Å². The van der Waals surface area contributed by atoms with E-state index in [1.807, 2.05) is 42.5 Å². The molecule has 0 radical (unpaired) electrons. The van der Waals surface area contributed by atoms with E-state index < -0.39 is 34.7 Å². The van der Waals surface area contributed by atoms with Crippen LogP contribution in [0.4, 0.5) is 15.3 Å². The van der Waals surface area contributed by atoms with E-state index in [1.54, 1.807) is 12.1 Å². The minimum atomic E-state index is -2.09. The molecule has 2 amide bonds. The fourth-order valence-electron chi connectivity index (χ4n) is 4.25. The topological polar surface area (TPSA) is 85.4 Å². The zero-order valence-corrected chi connectivity index (χ0v) is 18.9. The standard InChI is InChI=1S/C22H22N2O6Se/c1-28-18(25)17-13-22(31-14-9-5-4-6-10-14)15-11-7-8-12-16(15)23(20(26)29-2)19(22)24(17)21(27)30-3/h4-12,17,19H,13H2,1-3H3/t17-,19-,22+/m0/s1/i17D. The molecule has 3 atom stereocenters. The minimum absolute atomic E-state index is 0.0636. The first-order valence-corrected chi connectivity index (χ1v) is 11.2. The zero-order chi connectivity index (χ0) is 23.1. The number of likely N-dealkylation sites (tertiary alicyclic amines) is 1. The number of nitrogens with zero attached hydrogens (tertiary/aromatic N) is 2. The maximum absolute atomic E-state index is 13.0. The fourth-order valence-corrected chi connectivity index (χ4v) is 7.44. The van der Waals surface area contributed by atoms with Crippen LogP contribution in [0, 0.1) is 0 Å². The Bertz CT molecular complexity index is 1070. The summed E-state index contributed by atoms with van der Waals surface area (Å²) >= 11 is -0.388. The first-order valence-electron chi connectivity index (χ1n) is 10.0. The van der Waals surface area contributed by atoms with Gasteiger partial charge < -0.3 is 0 Å². The Morgan fingerprint density at radius 2 is 1.61 bits per heavy atom. The van der Waals surface area contributed by atoms with Gasteiger partial charge in [0.2, 0.25) is 0 Å². The molecule has 31 heavy (non-hydrogen) atoms. The van der Waals surface area contributed by atoms with Crippen molar-refractivity contribution in [3.05, 3.63) is 60.2 Å². The molecule has 2 aromatic carbocycles. The summed E-state index contributed by atoms with van der Waals surface area (Å²) in [5, 5.41) is 0. The van der Waals surface area contributed by atoms with Gasteiger partial charge in [0.05, 0.1) is 0 Å². The van der Waals surface area contributed by atoms with Crippen LogP contribution in [0.5, 0.6) is 0 Å². The van der Waals surface area contributed by atoms with Crippen LogP contribution >= 0.6 is 0 Å². The SMILES string of the molecule is [2H][C@@]1(C(=O)OC)C[C@@]2([Se]c3ccccc3)c3ccccc3N(C(=O)OC)[C@H]2N1C(=O)OC. The van der Waals surface area contributed by atoms with E-state index in [2.05, 4.69) is 0 Å². The molecule has 162 valence electrons. The summed E-state index contributed by atoms with van der Waals surface area (Å²) in [6.45, 7) is 0. The molecule has 1 fully saturated rings. The average molecular weight is 490 g/mol. The number of methoxy groups -OCH3 is 3. The van der Waals surface area contributed by atoms with Crippen LogP contribution in [0.15, 0.2) is 54.6 Å². The van der Waals surface area contributed by atoms with Crippen molar-refractivity contribution in [3.63, 3.8) is 0 Å². The monoisotopic (exact) mass is 491 g/mol. The number of carbonyl (C=O) groups excluding carboxylic acids is 3. The third-order valence-corrected chi connectivity index (χ3v) is 8.49. The number of esters is 1. The quantitative estimate of drug-likeness (QED) is 0.371. The van der Waals surface area contributed by atoms with E-state index in [-0.39, 0.29) is 21.4 Å². The van der Waals surface area contributed by atoms with Gasteiger partial charge in [-0.15, -0.1) is 0 Å². The summed E-state index contributed by atoms with van der Waals surface area (Å²) in [5.41, 5.74) is 1.34. The number of rotatable bonds is 3. The molecule has 0 unspecified atom stereocenters. The van der Waals surface area contributed by atoms with Crippen LogP contribution in [0.2, 0.25) is 0 Å². The molecule has 0 saturated carbocycles. The van der Waals surface area contributed by atoms with Crippen LogP contribution in [-0.2, 0) is 23.3 Å². The molecule has 2 heterocycles. The molecule has 0 bridgehead atoms. The summed E-state index contributed by atoms with van der Waals surface area (Å²) in [5.74, 6) is -0.900. The van der Waals surface area contributed by atoms with Crippen LogP contribution in [0.3, 0.4) is 0 Å². The zero-order valence-electron chi connectivity index (χ0n) is 18.2. The molecular formula is C22H22N2O6Se. The maximum atomic E-state index is 13.0. The Hall–Kier alpha value is -3.03. The third kappa shape index (κ3) is 3.25. The van der Waals surface area contributed by atoms with Crippen molar-refractivity contribution in [1.82, 2.24) is 4.90 Å². The van der Waals surface area contributed by atoms with Gasteiger partial charge >= 0.3 is 187 Å². The van der Waals surface area contributed by atoms with Gasteiger partial charge in [-0.2, -0.15) is 0 Å². The molecular weight excluding hydrogens is 467 g/mol. The first-order chi connectivity index (χ1) is 15.3. The number of hydrogen-bond donors (Lipinski definition) is 0. The Morgan fingerprint density at radius 3 is 2.26 bits per heavy atom. The first kappa shape index (κ1) is 19.9. The molecule has 0 spiro atoms. The van der Waals surface area contributed by atoms with Crippen LogP contribution in [0.25, 0.3) is 0 Å². The number of amides is 2. The van der Waals surface area contributed by atoms with E-state index in [1.165, 1.54) is 26.2 Å².